The highest BCUT2D eigenvalue weighted by atomic mass is 15.2. The van der Waals surface area contributed by atoms with Crippen LogP contribution in [0.2, 0.25) is 0 Å². The summed E-state index contributed by atoms with van der Waals surface area (Å²) in [6.07, 6.45) is 10.1. The number of aromatic nitrogens is 1. The van der Waals surface area contributed by atoms with Crippen molar-refractivity contribution in [2.45, 2.75) is 44.1 Å². The van der Waals surface area contributed by atoms with Gasteiger partial charge in [-0.15, -0.1) is 0 Å². The molecule has 1 aromatic rings. The number of nitriles is 1. The highest BCUT2D eigenvalue weighted by Gasteiger charge is 2.53. The zero-order valence-electron chi connectivity index (χ0n) is 12.0. The van der Waals surface area contributed by atoms with Crippen molar-refractivity contribution in [1.82, 2.24) is 4.98 Å². The smallest absolute Gasteiger partial charge is 0.146 e. The molecule has 3 heteroatoms. The van der Waals surface area contributed by atoms with Crippen LogP contribution in [-0.4, -0.2) is 17.6 Å². The van der Waals surface area contributed by atoms with E-state index in [9.17, 15) is 5.26 Å². The average Bonchev–Trinajstić information content (AvgIpc) is 2.45. The molecule has 0 aliphatic heterocycles. The molecule has 20 heavy (non-hydrogen) atoms. The van der Waals surface area contributed by atoms with Gasteiger partial charge in [-0.3, -0.25) is 0 Å². The third kappa shape index (κ3) is 1.67. The van der Waals surface area contributed by atoms with E-state index in [1.165, 1.54) is 38.5 Å². The maximum absolute atomic E-state index is 9.33. The summed E-state index contributed by atoms with van der Waals surface area (Å²) in [5, 5.41) is 9.33. The molecule has 5 rings (SSSR count). The molecule has 0 amide bonds. The van der Waals surface area contributed by atoms with Gasteiger partial charge in [-0.05, 0) is 68.4 Å². The molecule has 0 N–H and O–H groups in total. The molecule has 1 heterocycles. The molecule has 0 aromatic carbocycles. The number of rotatable bonds is 2. The topological polar surface area (TPSA) is 39.9 Å². The van der Waals surface area contributed by atoms with E-state index in [1.54, 1.807) is 0 Å². The maximum atomic E-state index is 9.33. The summed E-state index contributed by atoms with van der Waals surface area (Å²) in [4.78, 5) is 6.87. The lowest BCUT2D eigenvalue weighted by Crippen LogP contribution is -2.59. The van der Waals surface area contributed by atoms with Crippen LogP contribution in [0.5, 0.6) is 0 Å². The summed E-state index contributed by atoms with van der Waals surface area (Å²) in [5.74, 6) is 3.63. The number of nitrogens with zero attached hydrogens (tertiary/aromatic N) is 3. The van der Waals surface area contributed by atoms with E-state index in [1.807, 2.05) is 18.3 Å². The van der Waals surface area contributed by atoms with Crippen molar-refractivity contribution in [3.05, 3.63) is 23.9 Å². The summed E-state index contributed by atoms with van der Waals surface area (Å²) in [6.45, 7) is 0. The van der Waals surface area contributed by atoms with Crippen molar-refractivity contribution in [2.24, 2.45) is 17.8 Å². The van der Waals surface area contributed by atoms with E-state index in [0.29, 0.717) is 5.56 Å². The van der Waals surface area contributed by atoms with Gasteiger partial charge in [0, 0.05) is 18.8 Å². The van der Waals surface area contributed by atoms with Crippen molar-refractivity contribution in [3.8, 4) is 6.07 Å². The molecule has 4 bridgehead atoms. The van der Waals surface area contributed by atoms with Crippen molar-refractivity contribution in [2.75, 3.05) is 11.9 Å². The fourth-order valence-electron chi connectivity index (χ4n) is 5.45. The first-order valence-corrected chi connectivity index (χ1v) is 7.79. The Bertz CT molecular complexity index is 537. The Morgan fingerprint density at radius 2 is 1.80 bits per heavy atom. The molecule has 4 fully saturated rings. The summed E-state index contributed by atoms with van der Waals surface area (Å²) in [6, 6.07) is 6.05. The molecule has 4 aliphatic carbocycles. The minimum absolute atomic E-state index is 0.273. The van der Waals surface area contributed by atoms with E-state index in [0.717, 1.165) is 23.6 Å². The Hall–Kier alpha value is -1.56. The Kier molecular flexibility index (Phi) is 2.57. The van der Waals surface area contributed by atoms with Crippen LogP contribution < -0.4 is 4.90 Å². The second-order valence-corrected chi connectivity index (χ2v) is 7.19. The first kappa shape index (κ1) is 12.2. The number of hydrogen-bond acceptors (Lipinski definition) is 3. The van der Waals surface area contributed by atoms with E-state index in [4.69, 9.17) is 0 Å². The molecule has 1 aromatic heterocycles. The second kappa shape index (κ2) is 4.22. The van der Waals surface area contributed by atoms with E-state index >= 15 is 0 Å². The van der Waals surface area contributed by atoms with Gasteiger partial charge in [-0.2, -0.15) is 5.26 Å². The maximum Gasteiger partial charge on any atom is 0.146 e. The number of anilines is 1. The highest BCUT2D eigenvalue weighted by Crippen LogP contribution is 2.58. The molecule has 0 radical (unpaired) electrons. The largest absolute Gasteiger partial charge is 0.353 e. The van der Waals surface area contributed by atoms with Crippen LogP contribution in [0.4, 0.5) is 5.82 Å². The summed E-state index contributed by atoms with van der Waals surface area (Å²) >= 11 is 0. The molecule has 0 saturated heterocycles. The standard InChI is InChI=1S/C17H21N3/c1-20(16-15(11-18)3-2-4-19-16)17-8-12-5-13(9-17)7-14(6-12)10-17/h2-4,12-14H,5-10H2,1H3. The van der Waals surface area contributed by atoms with Gasteiger partial charge in [0.05, 0.1) is 5.56 Å². The van der Waals surface area contributed by atoms with Crippen LogP contribution in [-0.2, 0) is 0 Å². The van der Waals surface area contributed by atoms with Gasteiger partial charge in [-0.25, -0.2) is 4.98 Å². The molecule has 3 nitrogen and oxygen atoms in total. The van der Waals surface area contributed by atoms with Crippen molar-refractivity contribution >= 4 is 5.82 Å². The third-order valence-electron chi connectivity index (χ3n) is 5.94. The van der Waals surface area contributed by atoms with Gasteiger partial charge >= 0.3 is 0 Å². The fourth-order valence-corrected chi connectivity index (χ4v) is 5.45. The third-order valence-corrected chi connectivity index (χ3v) is 5.94. The van der Waals surface area contributed by atoms with Gasteiger partial charge in [0.25, 0.3) is 0 Å². The van der Waals surface area contributed by atoms with Crippen LogP contribution in [0.1, 0.15) is 44.1 Å². The van der Waals surface area contributed by atoms with E-state index in [-0.39, 0.29) is 5.54 Å². The lowest BCUT2D eigenvalue weighted by molar-refractivity contribution is -0.00231. The molecule has 4 saturated carbocycles. The van der Waals surface area contributed by atoms with Crippen molar-refractivity contribution in [1.29, 1.82) is 5.26 Å². The van der Waals surface area contributed by atoms with Gasteiger partial charge in [0.15, 0.2) is 0 Å². The van der Waals surface area contributed by atoms with Crippen LogP contribution in [0.25, 0.3) is 0 Å². The molecule has 0 unspecified atom stereocenters. The molecule has 4 aliphatic rings. The summed E-state index contributed by atoms with van der Waals surface area (Å²) < 4.78 is 0. The Morgan fingerprint density at radius 1 is 1.20 bits per heavy atom. The molecular formula is C17H21N3. The van der Waals surface area contributed by atoms with Gasteiger partial charge in [0.2, 0.25) is 0 Å². The lowest BCUT2D eigenvalue weighted by Gasteiger charge is -2.60. The lowest BCUT2D eigenvalue weighted by atomic mass is 9.52. The minimum atomic E-state index is 0.273. The van der Waals surface area contributed by atoms with Crippen LogP contribution in [0, 0.1) is 29.1 Å². The molecule has 0 spiro atoms. The van der Waals surface area contributed by atoms with Crippen molar-refractivity contribution < 1.29 is 0 Å². The van der Waals surface area contributed by atoms with Gasteiger partial charge in [0.1, 0.15) is 11.9 Å². The van der Waals surface area contributed by atoms with Crippen molar-refractivity contribution in [3.63, 3.8) is 0 Å². The number of pyridine rings is 1. The summed E-state index contributed by atoms with van der Waals surface area (Å²) in [5.41, 5.74) is 0.986. The fraction of sp³-hybridized carbons (Fsp3) is 0.647. The minimum Gasteiger partial charge on any atom is -0.353 e. The first-order valence-electron chi connectivity index (χ1n) is 7.79. The SMILES string of the molecule is CN(c1ncccc1C#N)C12CC3CC(CC(C3)C1)C2. The zero-order valence-corrected chi connectivity index (χ0v) is 12.0. The zero-order chi connectivity index (χ0) is 13.7. The van der Waals surface area contributed by atoms with E-state index < -0.39 is 0 Å². The predicted molar refractivity (Wildman–Crippen MR) is 78.3 cm³/mol. The number of hydrogen-bond donors (Lipinski definition) is 0. The monoisotopic (exact) mass is 267 g/mol. The first-order chi connectivity index (χ1) is 9.70. The Morgan fingerprint density at radius 3 is 2.35 bits per heavy atom. The second-order valence-electron chi connectivity index (χ2n) is 7.19. The van der Waals surface area contributed by atoms with Crippen LogP contribution in [0.3, 0.4) is 0 Å². The molecular weight excluding hydrogens is 246 g/mol. The molecule has 0 atom stereocenters. The van der Waals surface area contributed by atoms with Gasteiger partial charge in [-0.1, -0.05) is 0 Å². The highest BCUT2D eigenvalue weighted by molar-refractivity contribution is 5.55. The molecule has 104 valence electrons. The quantitative estimate of drug-likeness (QED) is 0.825. The Balaban J connectivity index is 1.72. The van der Waals surface area contributed by atoms with E-state index in [2.05, 4.69) is 23.0 Å². The van der Waals surface area contributed by atoms with Crippen LogP contribution in [0.15, 0.2) is 18.3 Å². The predicted octanol–water partition coefficient (Wildman–Crippen LogP) is 3.36. The average molecular weight is 267 g/mol. The summed E-state index contributed by atoms with van der Waals surface area (Å²) in [7, 11) is 2.16. The van der Waals surface area contributed by atoms with Gasteiger partial charge < -0.3 is 4.90 Å². The Labute approximate surface area is 120 Å². The normalized spacial score (nSPS) is 37.7. The van der Waals surface area contributed by atoms with Crippen LogP contribution >= 0.6 is 0 Å².